The van der Waals surface area contributed by atoms with Crippen molar-refractivity contribution >= 4 is 22.6 Å². The zero-order valence-electron chi connectivity index (χ0n) is 15.9. The second-order valence-electron chi connectivity index (χ2n) is 6.09. The van der Waals surface area contributed by atoms with Gasteiger partial charge in [0, 0.05) is 0 Å². The lowest BCUT2D eigenvalue weighted by molar-refractivity contribution is 0.277. The van der Waals surface area contributed by atoms with Gasteiger partial charge in [0.2, 0.25) is 0 Å². The molecule has 0 bridgehead atoms. The molecular weight excluding hydrogens is 354 g/mol. The first-order chi connectivity index (χ1) is 13.7. The van der Waals surface area contributed by atoms with E-state index in [9.17, 15) is 10.1 Å². The molecule has 6 heteroatoms. The topological polar surface area (TPSA) is 88.0 Å². The Hall–Kier alpha value is -3.59. The summed E-state index contributed by atoms with van der Waals surface area (Å²) in [7, 11) is 0. The zero-order chi connectivity index (χ0) is 19.9. The molecule has 0 fully saturated rings. The van der Waals surface area contributed by atoms with Crippen LogP contribution in [-0.2, 0) is 0 Å². The van der Waals surface area contributed by atoms with Crippen molar-refractivity contribution in [2.45, 2.75) is 20.3 Å². The summed E-state index contributed by atoms with van der Waals surface area (Å²) >= 11 is 0. The fourth-order valence-electron chi connectivity index (χ4n) is 2.75. The summed E-state index contributed by atoms with van der Waals surface area (Å²) in [6.45, 7) is 5.03. The molecule has 1 aromatic heterocycles. The van der Waals surface area contributed by atoms with E-state index in [1.807, 2.05) is 32.0 Å². The first-order valence-electron chi connectivity index (χ1n) is 9.17. The van der Waals surface area contributed by atoms with Crippen molar-refractivity contribution in [1.29, 1.82) is 5.26 Å². The van der Waals surface area contributed by atoms with Crippen LogP contribution in [0.15, 0.2) is 47.3 Å². The molecule has 3 aromatic rings. The van der Waals surface area contributed by atoms with Crippen LogP contribution in [0.5, 0.6) is 11.5 Å². The van der Waals surface area contributed by atoms with Crippen molar-refractivity contribution in [3.8, 4) is 17.6 Å². The van der Waals surface area contributed by atoms with Crippen molar-refractivity contribution in [2.24, 2.45) is 0 Å². The summed E-state index contributed by atoms with van der Waals surface area (Å²) in [5.74, 6) is 1.51. The van der Waals surface area contributed by atoms with E-state index in [0.717, 1.165) is 12.0 Å². The Bertz CT molecular complexity index is 1110. The molecule has 0 aliphatic heterocycles. The van der Waals surface area contributed by atoms with Gasteiger partial charge in [0.1, 0.15) is 6.07 Å². The van der Waals surface area contributed by atoms with Crippen molar-refractivity contribution in [1.82, 2.24) is 9.97 Å². The third-order valence-electron chi connectivity index (χ3n) is 4.03. The summed E-state index contributed by atoms with van der Waals surface area (Å²) in [5, 5.41) is 10.1. The van der Waals surface area contributed by atoms with E-state index in [0.29, 0.717) is 35.6 Å². The molecule has 0 unspecified atom stereocenters. The van der Waals surface area contributed by atoms with Gasteiger partial charge in [0.05, 0.1) is 29.7 Å². The maximum atomic E-state index is 12.3. The number of hydrogen-bond donors (Lipinski definition) is 1. The minimum atomic E-state index is -0.278. The molecule has 0 saturated heterocycles. The summed E-state index contributed by atoms with van der Waals surface area (Å²) < 4.78 is 11.4. The molecule has 0 saturated carbocycles. The van der Waals surface area contributed by atoms with E-state index in [4.69, 9.17) is 9.47 Å². The highest BCUT2D eigenvalue weighted by Crippen LogP contribution is 2.30. The first-order valence-corrected chi connectivity index (χ1v) is 9.17. The summed E-state index contributed by atoms with van der Waals surface area (Å²) in [6, 6.07) is 14.6. The monoisotopic (exact) mass is 375 g/mol. The molecule has 142 valence electrons. The van der Waals surface area contributed by atoms with Crippen LogP contribution in [0.3, 0.4) is 0 Å². The smallest absolute Gasteiger partial charge is 0.259 e. The predicted molar refractivity (Wildman–Crippen MR) is 109 cm³/mol. The Kier molecular flexibility index (Phi) is 6.07. The second-order valence-corrected chi connectivity index (χ2v) is 6.09. The summed E-state index contributed by atoms with van der Waals surface area (Å²) in [4.78, 5) is 19.4. The highest BCUT2D eigenvalue weighted by atomic mass is 16.5. The van der Waals surface area contributed by atoms with E-state index in [-0.39, 0.29) is 17.0 Å². The molecule has 3 rings (SSSR count). The van der Waals surface area contributed by atoms with Crippen LogP contribution < -0.4 is 15.0 Å². The Morgan fingerprint density at radius 1 is 1.18 bits per heavy atom. The van der Waals surface area contributed by atoms with E-state index < -0.39 is 0 Å². The minimum absolute atomic E-state index is 0.232. The van der Waals surface area contributed by atoms with Gasteiger partial charge in [0.25, 0.3) is 5.56 Å². The van der Waals surface area contributed by atoms with Crippen LogP contribution in [0.25, 0.3) is 22.6 Å². The Balaban J connectivity index is 2.02. The molecule has 1 N–H and O–H groups in total. The number of nitrogens with zero attached hydrogens (tertiary/aromatic N) is 2. The summed E-state index contributed by atoms with van der Waals surface area (Å²) in [5.41, 5.74) is 1.27. The van der Waals surface area contributed by atoms with Crippen molar-refractivity contribution in [2.75, 3.05) is 13.2 Å². The van der Waals surface area contributed by atoms with Crippen LogP contribution in [0.2, 0.25) is 0 Å². The quantitative estimate of drug-likeness (QED) is 0.626. The number of nitrogens with one attached hydrogen (secondary N) is 1. The lowest BCUT2D eigenvalue weighted by Gasteiger charge is -2.12. The van der Waals surface area contributed by atoms with Crippen LogP contribution in [0.4, 0.5) is 0 Å². The maximum absolute atomic E-state index is 12.3. The largest absolute Gasteiger partial charge is 0.490 e. The standard InChI is InChI=1S/C22H21N3O3/c1-3-11-28-19-10-9-15(13-20(19)27-4-2)12-16(14-23)21-24-18-8-6-5-7-17(18)22(26)25-21/h5-10,12-13H,3-4,11H2,1-2H3,(H,24,25,26)/b16-12-. The van der Waals surface area contributed by atoms with Gasteiger partial charge in [-0.2, -0.15) is 5.26 Å². The van der Waals surface area contributed by atoms with Gasteiger partial charge >= 0.3 is 0 Å². The molecular formula is C22H21N3O3. The van der Waals surface area contributed by atoms with Gasteiger partial charge in [-0.3, -0.25) is 4.79 Å². The number of H-pyrrole nitrogens is 1. The van der Waals surface area contributed by atoms with Gasteiger partial charge in [-0.05, 0) is 49.2 Å². The average Bonchev–Trinajstić information content (AvgIpc) is 2.71. The number of allylic oxidation sites excluding steroid dienone is 1. The second kappa shape index (κ2) is 8.87. The lowest BCUT2D eigenvalue weighted by Crippen LogP contribution is -2.11. The number of aromatic nitrogens is 2. The minimum Gasteiger partial charge on any atom is -0.490 e. The van der Waals surface area contributed by atoms with Gasteiger partial charge < -0.3 is 14.5 Å². The number of aromatic amines is 1. The van der Waals surface area contributed by atoms with E-state index in [1.165, 1.54) is 0 Å². The number of hydrogen-bond acceptors (Lipinski definition) is 5. The van der Waals surface area contributed by atoms with Gasteiger partial charge in [-0.25, -0.2) is 4.98 Å². The van der Waals surface area contributed by atoms with Gasteiger partial charge in [-0.15, -0.1) is 0 Å². The van der Waals surface area contributed by atoms with Crippen molar-refractivity contribution < 1.29 is 9.47 Å². The normalized spacial score (nSPS) is 11.2. The number of ether oxygens (including phenoxy) is 2. The van der Waals surface area contributed by atoms with E-state index >= 15 is 0 Å². The summed E-state index contributed by atoms with van der Waals surface area (Å²) in [6.07, 6.45) is 2.56. The van der Waals surface area contributed by atoms with Crippen LogP contribution in [0, 0.1) is 11.3 Å². The molecule has 28 heavy (non-hydrogen) atoms. The molecule has 0 amide bonds. The van der Waals surface area contributed by atoms with Gasteiger partial charge in [0.15, 0.2) is 17.3 Å². The maximum Gasteiger partial charge on any atom is 0.259 e. The molecule has 0 aliphatic carbocycles. The fraction of sp³-hybridized carbons (Fsp3) is 0.227. The zero-order valence-corrected chi connectivity index (χ0v) is 15.9. The first kappa shape index (κ1) is 19.2. The molecule has 0 spiro atoms. The van der Waals surface area contributed by atoms with Crippen LogP contribution >= 0.6 is 0 Å². The van der Waals surface area contributed by atoms with Gasteiger partial charge in [-0.1, -0.05) is 25.1 Å². The Labute approximate surface area is 163 Å². The number of para-hydroxylation sites is 1. The fourth-order valence-corrected chi connectivity index (χ4v) is 2.75. The Morgan fingerprint density at radius 3 is 2.75 bits per heavy atom. The predicted octanol–water partition coefficient (Wildman–Crippen LogP) is 4.17. The SMILES string of the molecule is CCCOc1ccc(/C=C(/C#N)c2nc3ccccc3c(=O)[nH]2)cc1OCC. The number of nitriles is 1. The molecule has 6 nitrogen and oxygen atoms in total. The molecule has 1 heterocycles. The van der Waals surface area contributed by atoms with E-state index in [2.05, 4.69) is 16.0 Å². The highest BCUT2D eigenvalue weighted by molar-refractivity contribution is 5.89. The number of benzene rings is 2. The van der Waals surface area contributed by atoms with E-state index in [1.54, 1.807) is 30.3 Å². The number of fused-ring (bicyclic) bond motifs is 1. The molecule has 0 atom stereocenters. The highest BCUT2D eigenvalue weighted by Gasteiger charge is 2.10. The molecule has 0 aliphatic rings. The van der Waals surface area contributed by atoms with Crippen molar-refractivity contribution in [3.05, 3.63) is 64.2 Å². The average molecular weight is 375 g/mol. The van der Waals surface area contributed by atoms with Crippen LogP contribution in [-0.4, -0.2) is 23.2 Å². The lowest BCUT2D eigenvalue weighted by atomic mass is 10.1. The Morgan fingerprint density at radius 2 is 2.00 bits per heavy atom. The third-order valence-corrected chi connectivity index (χ3v) is 4.03. The van der Waals surface area contributed by atoms with Crippen LogP contribution in [0.1, 0.15) is 31.7 Å². The molecule has 0 radical (unpaired) electrons. The van der Waals surface area contributed by atoms with Crippen molar-refractivity contribution in [3.63, 3.8) is 0 Å². The molecule has 2 aromatic carbocycles. The third kappa shape index (κ3) is 4.21. The number of rotatable bonds is 7.